The minimum atomic E-state index is -0.582. The monoisotopic (exact) mass is 314 g/mol. The molecular formula is C15H10Cl2F2O. The summed E-state index contributed by atoms with van der Waals surface area (Å²) in [5.41, 5.74) is 0.526. The molecule has 0 N–H and O–H groups in total. The Bertz CT molecular complexity index is 652. The quantitative estimate of drug-likeness (QED) is 0.703. The van der Waals surface area contributed by atoms with Gasteiger partial charge in [-0.3, -0.25) is 4.79 Å². The first-order valence-corrected chi connectivity index (χ1v) is 6.53. The summed E-state index contributed by atoms with van der Waals surface area (Å²) in [5, 5.41) is 0.216. The summed E-state index contributed by atoms with van der Waals surface area (Å²) >= 11 is 11.5. The molecule has 0 bridgehead atoms. The molecule has 0 aliphatic heterocycles. The maximum absolute atomic E-state index is 13.6. The van der Waals surface area contributed by atoms with Gasteiger partial charge >= 0.3 is 0 Å². The molecule has 0 spiro atoms. The number of hydrogen-bond donors (Lipinski definition) is 0. The van der Waals surface area contributed by atoms with Crippen LogP contribution in [0.15, 0.2) is 24.3 Å². The Hall–Kier alpha value is -1.45. The van der Waals surface area contributed by atoms with Gasteiger partial charge in [-0.1, -0.05) is 23.2 Å². The number of carbonyl (C=O) groups excluding carboxylic acids is 1. The minimum Gasteiger partial charge on any atom is -0.289 e. The molecule has 0 unspecified atom stereocenters. The summed E-state index contributed by atoms with van der Waals surface area (Å²) in [7, 11) is 0. The van der Waals surface area contributed by atoms with Crippen LogP contribution >= 0.6 is 23.2 Å². The van der Waals surface area contributed by atoms with Crippen molar-refractivity contribution >= 4 is 29.0 Å². The molecule has 20 heavy (non-hydrogen) atoms. The van der Waals surface area contributed by atoms with Crippen molar-refractivity contribution in [3.8, 4) is 0 Å². The Morgan fingerprint density at radius 2 is 1.20 bits per heavy atom. The van der Waals surface area contributed by atoms with Gasteiger partial charge in [0.25, 0.3) is 0 Å². The molecule has 0 aromatic heterocycles. The first-order chi connectivity index (χ1) is 9.31. The van der Waals surface area contributed by atoms with Crippen molar-refractivity contribution in [3.05, 3.63) is 68.2 Å². The lowest BCUT2D eigenvalue weighted by molar-refractivity contribution is 0.103. The standard InChI is InChI=1S/C15H10Cl2F2O/c1-7-11(3-9(16)5-13(7)18)15(20)12-4-10(17)6-14(19)8(12)2/h3-6H,1-2H3. The summed E-state index contributed by atoms with van der Waals surface area (Å²) in [6, 6.07) is 4.97. The lowest BCUT2D eigenvalue weighted by atomic mass is 9.95. The van der Waals surface area contributed by atoms with Crippen molar-refractivity contribution in [2.24, 2.45) is 0 Å². The summed E-state index contributed by atoms with van der Waals surface area (Å²) < 4.78 is 27.3. The molecule has 0 saturated carbocycles. The fourth-order valence-corrected chi connectivity index (χ4v) is 2.32. The fourth-order valence-electron chi connectivity index (χ4n) is 1.91. The van der Waals surface area contributed by atoms with Crippen LogP contribution in [-0.2, 0) is 0 Å². The van der Waals surface area contributed by atoms with E-state index in [4.69, 9.17) is 23.2 Å². The Morgan fingerprint density at radius 1 is 0.850 bits per heavy atom. The van der Waals surface area contributed by atoms with Gasteiger partial charge in [-0.25, -0.2) is 8.78 Å². The number of rotatable bonds is 2. The number of benzene rings is 2. The van der Waals surface area contributed by atoms with E-state index in [-0.39, 0.29) is 32.3 Å². The molecule has 0 heterocycles. The van der Waals surface area contributed by atoms with Gasteiger partial charge in [-0.05, 0) is 49.2 Å². The third-order valence-electron chi connectivity index (χ3n) is 3.11. The Morgan fingerprint density at radius 3 is 1.55 bits per heavy atom. The van der Waals surface area contributed by atoms with Crippen LogP contribution in [0.25, 0.3) is 0 Å². The molecule has 1 nitrogen and oxygen atoms in total. The lowest BCUT2D eigenvalue weighted by Gasteiger charge is -2.10. The van der Waals surface area contributed by atoms with Gasteiger partial charge in [0.2, 0.25) is 0 Å². The largest absolute Gasteiger partial charge is 0.289 e. The highest BCUT2D eigenvalue weighted by Crippen LogP contribution is 2.26. The molecule has 0 radical (unpaired) electrons. The summed E-state index contributed by atoms with van der Waals surface area (Å²) in [5.74, 6) is -1.68. The summed E-state index contributed by atoms with van der Waals surface area (Å²) in [6.07, 6.45) is 0. The second-order valence-electron chi connectivity index (χ2n) is 4.45. The van der Waals surface area contributed by atoms with Crippen LogP contribution in [0.4, 0.5) is 8.78 Å². The van der Waals surface area contributed by atoms with E-state index in [1.165, 1.54) is 26.0 Å². The molecule has 2 aromatic carbocycles. The molecule has 0 fully saturated rings. The Balaban J connectivity index is 2.64. The lowest BCUT2D eigenvalue weighted by Crippen LogP contribution is -2.08. The normalized spacial score (nSPS) is 10.7. The maximum atomic E-state index is 13.6. The van der Waals surface area contributed by atoms with E-state index >= 15 is 0 Å². The van der Waals surface area contributed by atoms with Crippen LogP contribution in [0.1, 0.15) is 27.0 Å². The molecule has 104 valence electrons. The first-order valence-electron chi connectivity index (χ1n) is 5.77. The molecule has 0 aliphatic carbocycles. The number of hydrogen-bond acceptors (Lipinski definition) is 1. The van der Waals surface area contributed by atoms with Crippen LogP contribution < -0.4 is 0 Å². The molecule has 0 aliphatic rings. The predicted octanol–water partition coefficient (Wildman–Crippen LogP) is 5.12. The highest BCUT2D eigenvalue weighted by Gasteiger charge is 2.19. The van der Waals surface area contributed by atoms with Crippen molar-refractivity contribution < 1.29 is 13.6 Å². The zero-order valence-electron chi connectivity index (χ0n) is 10.7. The van der Waals surface area contributed by atoms with E-state index < -0.39 is 17.4 Å². The third-order valence-corrected chi connectivity index (χ3v) is 3.54. The average molecular weight is 315 g/mol. The topological polar surface area (TPSA) is 17.1 Å². The SMILES string of the molecule is Cc1c(F)cc(Cl)cc1C(=O)c1cc(Cl)cc(F)c1C. The first kappa shape index (κ1) is 14.9. The van der Waals surface area contributed by atoms with Gasteiger partial charge < -0.3 is 0 Å². The highest BCUT2D eigenvalue weighted by molar-refractivity contribution is 6.32. The number of halogens is 4. The second-order valence-corrected chi connectivity index (χ2v) is 5.32. The smallest absolute Gasteiger partial charge is 0.193 e. The van der Waals surface area contributed by atoms with Crippen molar-refractivity contribution in [2.45, 2.75) is 13.8 Å². The molecule has 2 rings (SSSR count). The van der Waals surface area contributed by atoms with E-state index in [0.717, 1.165) is 12.1 Å². The maximum Gasteiger partial charge on any atom is 0.193 e. The van der Waals surface area contributed by atoms with E-state index in [0.29, 0.717) is 0 Å². The van der Waals surface area contributed by atoms with Gasteiger partial charge in [-0.15, -0.1) is 0 Å². The summed E-state index contributed by atoms with van der Waals surface area (Å²) in [4.78, 5) is 12.4. The number of carbonyl (C=O) groups is 1. The van der Waals surface area contributed by atoms with Crippen LogP contribution in [0.5, 0.6) is 0 Å². The van der Waals surface area contributed by atoms with E-state index in [1.54, 1.807) is 0 Å². The molecule has 2 aromatic rings. The van der Waals surface area contributed by atoms with Crippen molar-refractivity contribution in [2.75, 3.05) is 0 Å². The van der Waals surface area contributed by atoms with Gasteiger partial charge in [0.05, 0.1) is 0 Å². The van der Waals surface area contributed by atoms with E-state index in [1.807, 2.05) is 0 Å². The van der Waals surface area contributed by atoms with Gasteiger partial charge in [0, 0.05) is 21.2 Å². The van der Waals surface area contributed by atoms with Crippen LogP contribution in [-0.4, -0.2) is 5.78 Å². The van der Waals surface area contributed by atoms with E-state index in [2.05, 4.69) is 0 Å². The zero-order chi connectivity index (χ0) is 15.0. The Kier molecular flexibility index (Phi) is 4.11. The summed E-state index contributed by atoms with van der Waals surface area (Å²) in [6.45, 7) is 2.93. The minimum absolute atomic E-state index is 0.0970. The average Bonchev–Trinajstić information content (AvgIpc) is 2.37. The van der Waals surface area contributed by atoms with Crippen molar-refractivity contribution in [1.82, 2.24) is 0 Å². The third kappa shape index (κ3) is 2.69. The van der Waals surface area contributed by atoms with Crippen LogP contribution in [0.3, 0.4) is 0 Å². The predicted molar refractivity (Wildman–Crippen MR) is 75.7 cm³/mol. The van der Waals surface area contributed by atoms with Gasteiger partial charge in [-0.2, -0.15) is 0 Å². The second kappa shape index (κ2) is 5.51. The van der Waals surface area contributed by atoms with Crippen molar-refractivity contribution in [1.29, 1.82) is 0 Å². The molecule has 0 saturated heterocycles. The highest BCUT2D eigenvalue weighted by atomic mass is 35.5. The molecule has 5 heteroatoms. The van der Waals surface area contributed by atoms with Crippen LogP contribution in [0.2, 0.25) is 10.0 Å². The van der Waals surface area contributed by atoms with Crippen LogP contribution in [0, 0.1) is 25.5 Å². The fraction of sp³-hybridized carbons (Fsp3) is 0.133. The molecular weight excluding hydrogens is 305 g/mol. The van der Waals surface area contributed by atoms with E-state index in [9.17, 15) is 13.6 Å². The Labute approximate surface area is 125 Å². The van der Waals surface area contributed by atoms with Gasteiger partial charge in [0.15, 0.2) is 5.78 Å². The molecule has 0 amide bonds. The van der Waals surface area contributed by atoms with Gasteiger partial charge in [0.1, 0.15) is 11.6 Å². The van der Waals surface area contributed by atoms with Crippen molar-refractivity contribution in [3.63, 3.8) is 0 Å². The molecule has 0 atom stereocenters. The number of ketones is 1. The zero-order valence-corrected chi connectivity index (χ0v) is 12.2.